The molecule has 1 heterocycles. The van der Waals surface area contributed by atoms with Gasteiger partial charge in [-0.15, -0.1) is 0 Å². The highest BCUT2D eigenvalue weighted by Crippen LogP contribution is 2.33. The summed E-state index contributed by atoms with van der Waals surface area (Å²) < 4.78 is 0. The Labute approximate surface area is 79.7 Å². The van der Waals surface area contributed by atoms with Crippen molar-refractivity contribution < 1.29 is 9.90 Å². The summed E-state index contributed by atoms with van der Waals surface area (Å²) in [5.41, 5.74) is 0.194. The Kier molecular flexibility index (Phi) is 2.96. The van der Waals surface area contributed by atoms with E-state index in [1.54, 1.807) is 4.90 Å². The van der Waals surface area contributed by atoms with Gasteiger partial charge in [0.2, 0.25) is 5.91 Å². The van der Waals surface area contributed by atoms with Crippen molar-refractivity contribution >= 4 is 5.91 Å². The highest BCUT2D eigenvalue weighted by molar-refractivity contribution is 5.78. The fraction of sp³-hybridized carbons (Fsp3) is 0.900. The predicted octanol–water partition coefficient (Wildman–Crippen LogP) is 0.873. The zero-order valence-electron chi connectivity index (χ0n) is 8.71. The van der Waals surface area contributed by atoms with Crippen LogP contribution in [0.4, 0.5) is 0 Å². The lowest BCUT2D eigenvalue weighted by atomic mass is 9.80. The van der Waals surface area contributed by atoms with Gasteiger partial charge in [-0.3, -0.25) is 4.79 Å². The molecule has 1 N–H and O–H groups in total. The SMILES string of the molecule is CC(C)(C)C1CC(=O)N(CCO)C1. The molecule has 0 bridgehead atoms. The van der Waals surface area contributed by atoms with Crippen LogP contribution in [-0.4, -0.2) is 35.6 Å². The normalized spacial score (nSPS) is 24.2. The Morgan fingerprint density at radius 2 is 2.15 bits per heavy atom. The average Bonchev–Trinajstić information content (AvgIpc) is 2.32. The van der Waals surface area contributed by atoms with Gasteiger partial charge in [0.15, 0.2) is 0 Å². The summed E-state index contributed by atoms with van der Waals surface area (Å²) in [6, 6.07) is 0. The van der Waals surface area contributed by atoms with Crippen LogP contribution in [0.2, 0.25) is 0 Å². The lowest BCUT2D eigenvalue weighted by Gasteiger charge is -2.26. The van der Waals surface area contributed by atoms with Gasteiger partial charge in [0.05, 0.1) is 6.61 Å². The number of β-amino-alcohol motifs (C(OH)–C–C–N with tert-alkyl or cyclic N) is 1. The Morgan fingerprint density at radius 1 is 1.54 bits per heavy atom. The van der Waals surface area contributed by atoms with E-state index in [1.165, 1.54) is 0 Å². The molecule has 0 aliphatic carbocycles. The first-order valence-corrected chi connectivity index (χ1v) is 4.84. The van der Waals surface area contributed by atoms with E-state index in [4.69, 9.17) is 5.11 Å². The highest BCUT2D eigenvalue weighted by Gasteiger charge is 2.36. The third-order valence-electron chi connectivity index (χ3n) is 2.81. The van der Waals surface area contributed by atoms with Crippen LogP contribution in [0.1, 0.15) is 27.2 Å². The van der Waals surface area contributed by atoms with E-state index in [2.05, 4.69) is 20.8 Å². The minimum Gasteiger partial charge on any atom is -0.395 e. The molecule has 1 unspecified atom stereocenters. The molecule has 0 aromatic rings. The monoisotopic (exact) mass is 185 g/mol. The molecule has 1 amide bonds. The summed E-state index contributed by atoms with van der Waals surface area (Å²) in [6.45, 7) is 7.85. The molecule has 13 heavy (non-hydrogen) atoms. The second-order valence-electron chi connectivity index (χ2n) is 4.83. The Hall–Kier alpha value is -0.570. The van der Waals surface area contributed by atoms with Crippen LogP contribution in [-0.2, 0) is 4.79 Å². The molecular weight excluding hydrogens is 166 g/mol. The number of carbonyl (C=O) groups is 1. The number of carbonyl (C=O) groups excluding carboxylic acids is 1. The number of aliphatic hydroxyl groups is 1. The summed E-state index contributed by atoms with van der Waals surface area (Å²) in [5, 5.41) is 8.74. The first kappa shape index (κ1) is 10.5. The van der Waals surface area contributed by atoms with Crippen molar-refractivity contribution in [1.29, 1.82) is 0 Å². The molecule has 0 aromatic carbocycles. The number of aliphatic hydroxyl groups excluding tert-OH is 1. The topological polar surface area (TPSA) is 40.5 Å². The van der Waals surface area contributed by atoms with Crippen molar-refractivity contribution in [2.45, 2.75) is 27.2 Å². The first-order valence-electron chi connectivity index (χ1n) is 4.84. The lowest BCUT2D eigenvalue weighted by molar-refractivity contribution is -0.128. The summed E-state index contributed by atoms with van der Waals surface area (Å²) in [6.07, 6.45) is 0.642. The van der Waals surface area contributed by atoms with Gasteiger partial charge in [-0.1, -0.05) is 20.8 Å². The molecule has 0 radical (unpaired) electrons. The van der Waals surface area contributed by atoms with Crippen LogP contribution in [0.3, 0.4) is 0 Å². The average molecular weight is 185 g/mol. The lowest BCUT2D eigenvalue weighted by Crippen LogP contribution is -2.30. The van der Waals surface area contributed by atoms with Crippen molar-refractivity contribution in [2.24, 2.45) is 11.3 Å². The molecular formula is C10H19NO2. The third kappa shape index (κ3) is 2.44. The summed E-state index contributed by atoms with van der Waals surface area (Å²) in [7, 11) is 0. The van der Waals surface area contributed by atoms with E-state index in [9.17, 15) is 4.79 Å². The van der Waals surface area contributed by atoms with Gasteiger partial charge < -0.3 is 10.0 Å². The largest absolute Gasteiger partial charge is 0.395 e. The smallest absolute Gasteiger partial charge is 0.223 e. The molecule has 0 aromatic heterocycles. The molecule has 1 rings (SSSR count). The summed E-state index contributed by atoms with van der Waals surface area (Å²) in [4.78, 5) is 13.2. The molecule has 1 atom stereocenters. The van der Waals surface area contributed by atoms with E-state index in [-0.39, 0.29) is 17.9 Å². The van der Waals surface area contributed by atoms with Gasteiger partial charge in [0.1, 0.15) is 0 Å². The first-order chi connectivity index (χ1) is 5.95. The third-order valence-corrected chi connectivity index (χ3v) is 2.81. The Bertz CT molecular complexity index is 196. The molecule has 3 nitrogen and oxygen atoms in total. The maximum Gasteiger partial charge on any atom is 0.223 e. The summed E-state index contributed by atoms with van der Waals surface area (Å²) in [5.74, 6) is 0.625. The van der Waals surface area contributed by atoms with Gasteiger partial charge in [-0.2, -0.15) is 0 Å². The van der Waals surface area contributed by atoms with Gasteiger partial charge in [0, 0.05) is 19.5 Å². The van der Waals surface area contributed by atoms with Gasteiger partial charge in [0.25, 0.3) is 0 Å². The van der Waals surface area contributed by atoms with Gasteiger partial charge in [-0.25, -0.2) is 0 Å². The van der Waals surface area contributed by atoms with Crippen molar-refractivity contribution in [3.63, 3.8) is 0 Å². The molecule has 76 valence electrons. The van der Waals surface area contributed by atoms with Crippen molar-refractivity contribution in [1.82, 2.24) is 4.90 Å². The van der Waals surface area contributed by atoms with Crippen molar-refractivity contribution in [3.8, 4) is 0 Å². The maximum absolute atomic E-state index is 11.4. The quantitative estimate of drug-likeness (QED) is 0.693. The fourth-order valence-corrected chi connectivity index (χ4v) is 1.69. The van der Waals surface area contributed by atoms with Crippen LogP contribution in [0.15, 0.2) is 0 Å². The fourth-order valence-electron chi connectivity index (χ4n) is 1.69. The van der Waals surface area contributed by atoms with E-state index in [0.29, 0.717) is 18.9 Å². The standard InChI is InChI=1S/C10H19NO2/c1-10(2,3)8-6-9(13)11(7-8)4-5-12/h8,12H,4-7H2,1-3H3. The van der Waals surface area contributed by atoms with E-state index in [1.807, 2.05) is 0 Å². The Morgan fingerprint density at radius 3 is 2.54 bits per heavy atom. The van der Waals surface area contributed by atoms with Crippen molar-refractivity contribution in [3.05, 3.63) is 0 Å². The number of hydrogen-bond donors (Lipinski definition) is 1. The number of rotatable bonds is 2. The minimum atomic E-state index is 0.0720. The molecule has 3 heteroatoms. The predicted molar refractivity (Wildman–Crippen MR) is 51.2 cm³/mol. The van der Waals surface area contributed by atoms with Crippen LogP contribution in [0.25, 0.3) is 0 Å². The molecule has 1 saturated heterocycles. The van der Waals surface area contributed by atoms with E-state index < -0.39 is 0 Å². The second kappa shape index (κ2) is 3.66. The summed E-state index contributed by atoms with van der Waals surface area (Å²) >= 11 is 0. The van der Waals surface area contributed by atoms with Crippen LogP contribution >= 0.6 is 0 Å². The van der Waals surface area contributed by atoms with Crippen LogP contribution < -0.4 is 0 Å². The maximum atomic E-state index is 11.4. The molecule has 1 fully saturated rings. The van der Waals surface area contributed by atoms with E-state index >= 15 is 0 Å². The number of amides is 1. The molecule has 0 saturated carbocycles. The van der Waals surface area contributed by atoms with Crippen LogP contribution in [0.5, 0.6) is 0 Å². The van der Waals surface area contributed by atoms with Crippen molar-refractivity contribution in [2.75, 3.05) is 19.7 Å². The van der Waals surface area contributed by atoms with Gasteiger partial charge >= 0.3 is 0 Å². The zero-order chi connectivity index (χ0) is 10.1. The molecule has 0 spiro atoms. The van der Waals surface area contributed by atoms with E-state index in [0.717, 1.165) is 6.54 Å². The second-order valence-corrected chi connectivity index (χ2v) is 4.83. The molecule has 1 aliphatic rings. The van der Waals surface area contributed by atoms with Gasteiger partial charge in [-0.05, 0) is 11.3 Å². The zero-order valence-corrected chi connectivity index (χ0v) is 8.71. The number of hydrogen-bond acceptors (Lipinski definition) is 2. The number of nitrogens with zero attached hydrogens (tertiary/aromatic N) is 1. The van der Waals surface area contributed by atoms with Crippen LogP contribution in [0, 0.1) is 11.3 Å². The number of likely N-dealkylation sites (tertiary alicyclic amines) is 1. The minimum absolute atomic E-state index is 0.0720. The highest BCUT2D eigenvalue weighted by atomic mass is 16.3. The Balaban J connectivity index is 2.55. The molecule has 1 aliphatic heterocycles.